The van der Waals surface area contributed by atoms with Crippen molar-refractivity contribution in [1.29, 1.82) is 0 Å². The molecule has 1 fully saturated rings. The fraction of sp³-hybridized carbons (Fsp3) is 0.292. The Labute approximate surface area is 207 Å². The third-order valence-corrected chi connectivity index (χ3v) is 7.26. The maximum atomic E-state index is 13.8. The van der Waals surface area contributed by atoms with Crippen molar-refractivity contribution in [2.24, 2.45) is 10.9 Å². The highest BCUT2D eigenvalue weighted by atomic mass is 35.5. The van der Waals surface area contributed by atoms with E-state index < -0.39 is 5.92 Å². The van der Waals surface area contributed by atoms with Crippen LogP contribution in [-0.4, -0.2) is 52.5 Å². The molecule has 3 aromatic rings. The van der Waals surface area contributed by atoms with Crippen LogP contribution in [0.5, 0.6) is 0 Å². The topological polar surface area (TPSA) is 53.7 Å². The van der Waals surface area contributed by atoms with E-state index in [9.17, 15) is 4.79 Å². The number of fused-ring (bicyclic) bond motifs is 1. The van der Waals surface area contributed by atoms with E-state index in [1.807, 2.05) is 54.3 Å². The Morgan fingerprint density at radius 1 is 0.970 bits per heavy atom. The maximum Gasteiger partial charge on any atom is 0.234 e. The molecule has 0 bridgehead atoms. The quantitative estimate of drug-likeness (QED) is 0.475. The van der Waals surface area contributed by atoms with Gasteiger partial charge in [0.25, 0.3) is 0 Å². The summed E-state index contributed by atoms with van der Waals surface area (Å²) in [7, 11) is 0. The van der Waals surface area contributed by atoms with Crippen LogP contribution in [0.2, 0.25) is 15.1 Å². The van der Waals surface area contributed by atoms with Crippen molar-refractivity contribution in [3.63, 3.8) is 0 Å². The smallest absolute Gasteiger partial charge is 0.234 e. The van der Waals surface area contributed by atoms with Gasteiger partial charge in [0.1, 0.15) is 5.92 Å². The predicted molar refractivity (Wildman–Crippen MR) is 133 cm³/mol. The molecular formula is C24H22Cl3N5O. The number of hydrogen-bond acceptors (Lipinski definition) is 4. The number of anilines is 1. The molecule has 3 heterocycles. The summed E-state index contributed by atoms with van der Waals surface area (Å²) in [6, 6.07) is 14.8. The Balaban J connectivity index is 1.42. The molecule has 0 N–H and O–H groups in total. The first kappa shape index (κ1) is 22.3. The van der Waals surface area contributed by atoms with Crippen LogP contribution in [0.4, 0.5) is 11.5 Å². The average Bonchev–Trinajstić information content (AvgIpc) is 3.28. The van der Waals surface area contributed by atoms with Crippen LogP contribution in [-0.2, 0) is 4.79 Å². The molecule has 0 radical (unpaired) electrons. The van der Waals surface area contributed by atoms with E-state index in [0.717, 1.165) is 35.9 Å². The van der Waals surface area contributed by atoms with Crippen molar-refractivity contribution >= 4 is 57.9 Å². The first-order chi connectivity index (χ1) is 15.9. The lowest BCUT2D eigenvalue weighted by atomic mass is 9.87. The van der Waals surface area contributed by atoms with E-state index in [1.54, 1.807) is 16.9 Å². The summed E-state index contributed by atoms with van der Waals surface area (Å²) in [5.74, 6) is 0.282. The fourth-order valence-corrected chi connectivity index (χ4v) is 5.12. The zero-order chi connectivity index (χ0) is 23.1. The molecule has 2 atom stereocenters. The van der Waals surface area contributed by atoms with Crippen LogP contribution in [0, 0.1) is 5.92 Å². The second kappa shape index (κ2) is 9.01. The standard InChI is InChI=1S/C24H22Cl3N5O/c1-15-22(24(33)31-11-9-30(10-12-31)18-4-2-3-17(25)14-18)23(32-21(29-15)7-8-28-32)16-5-6-19(26)20(27)13-16/h2-8,13-14,22-23H,9-12H2,1H3. The van der Waals surface area contributed by atoms with Gasteiger partial charge in [0.15, 0.2) is 5.82 Å². The Bertz CT molecular complexity index is 1230. The zero-order valence-corrected chi connectivity index (χ0v) is 20.2. The van der Waals surface area contributed by atoms with Crippen molar-refractivity contribution in [3.8, 4) is 0 Å². The number of hydrogen-bond donors (Lipinski definition) is 0. The predicted octanol–water partition coefficient (Wildman–Crippen LogP) is 5.50. The van der Waals surface area contributed by atoms with Crippen molar-refractivity contribution in [2.45, 2.75) is 13.0 Å². The molecule has 1 amide bonds. The van der Waals surface area contributed by atoms with Crippen molar-refractivity contribution in [3.05, 3.63) is 75.4 Å². The third-order valence-electron chi connectivity index (χ3n) is 6.29. The van der Waals surface area contributed by atoms with Gasteiger partial charge in [-0.25, -0.2) is 9.67 Å². The van der Waals surface area contributed by atoms with E-state index >= 15 is 0 Å². The van der Waals surface area contributed by atoms with Gasteiger partial charge in [-0.15, -0.1) is 0 Å². The summed E-state index contributed by atoms with van der Waals surface area (Å²) in [5, 5.41) is 6.11. The molecule has 170 valence electrons. The van der Waals surface area contributed by atoms with E-state index in [4.69, 9.17) is 34.8 Å². The number of rotatable bonds is 3. The number of halogens is 3. The second-order valence-electron chi connectivity index (χ2n) is 8.28. The number of amides is 1. The first-order valence-electron chi connectivity index (χ1n) is 10.8. The molecule has 2 unspecified atom stereocenters. The van der Waals surface area contributed by atoms with Crippen LogP contribution in [0.1, 0.15) is 18.5 Å². The molecule has 1 saturated heterocycles. The summed E-state index contributed by atoms with van der Waals surface area (Å²) in [6.45, 7) is 4.62. The number of aliphatic imine (C=N–C) groups is 1. The third kappa shape index (κ3) is 4.23. The molecule has 0 spiro atoms. The van der Waals surface area contributed by atoms with Crippen LogP contribution < -0.4 is 4.90 Å². The highest BCUT2D eigenvalue weighted by molar-refractivity contribution is 6.42. The van der Waals surface area contributed by atoms with Gasteiger partial charge in [0, 0.05) is 48.7 Å². The lowest BCUT2D eigenvalue weighted by molar-refractivity contribution is -0.134. The van der Waals surface area contributed by atoms with Crippen LogP contribution >= 0.6 is 34.8 Å². The van der Waals surface area contributed by atoms with Crippen LogP contribution in [0.25, 0.3) is 0 Å². The van der Waals surface area contributed by atoms with Gasteiger partial charge in [-0.05, 0) is 42.8 Å². The van der Waals surface area contributed by atoms with Crippen molar-refractivity contribution in [1.82, 2.24) is 14.7 Å². The van der Waals surface area contributed by atoms with Gasteiger partial charge in [-0.3, -0.25) is 4.79 Å². The lowest BCUT2D eigenvalue weighted by Gasteiger charge is -2.40. The van der Waals surface area contributed by atoms with Gasteiger partial charge in [-0.2, -0.15) is 5.10 Å². The Morgan fingerprint density at radius 3 is 2.48 bits per heavy atom. The molecule has 33 heavy (non-hydrogen) atoms. The minimum atomic E-state index is -0.479. The SMILES string of the molecule is CC1=Nc2ccnn2C(c2ccc(Cl)c(Cl)c2)C1C(=O)N1CCN(c2cccc(Cl)c2)CC1. The molecule has 1 aromatic heterocycles. The van der Waals surface area contributed by atoms with E-state index in [0.29, 0.717) is 28.2 Å². The summed E-state index contributed by atoms with van der Waals surface area (Å²) >= 11 is 18.6. The minimum absolute atomic E-state index is 0.0409. The van der Waals surface area contributed by atoms with Gasteiger partial charge in [0.2, 0.25) is 5.91 Å². The van der Waals surface area contributed by atoms with E-state index in [-0.39, 0.29) is 11.9 Å². The second-order valence-corrected chi connectivity index (χ2v) is 9.53. The molecular weight excluding hydrogens is 481 g/mol. The molecule has 6 nitrogen and oxygen atoms in total. The zero-order valence-electron chi connectivity index (χ0n) is 18.0. The maximum absolute atomic E-state index is 13.8. The van der Waals surface area contributed by atoms with Gasteiger partial charge < -0.3 is 9.80 Å². The van der Waals surface area contributed by atoms with Crippen LogP contribution in [0.15, 0.2) is 59.7 Å². The van der Waals surface area contributed by atoms with Gasteiger partial charge in [-0.1, -0.05) is 46.9 Å². The summed E-state index contributed by atoms with van der Waals surface area (Å²) < 4.78 is 1.80. The molecule has 5 rings (SSSR count). The number of nitrogens with zero attached hydrogens (tertiary/aromatic N) is 5. The number of carbonyl (C=O) groups is 1. The number of carbonyl (C=O) groups excluding carboxylic acids is 1. The normalized spacial score (nSPS) is 20.4. The molecule has 2 aromatic carbocycles. The molecule has 9 heteroatoms. The Morgan fingerprint density at radius 2 is 1.76 bits per heavy atom. The van der Waals surface area contributed by atoms with Crippen molar-refractivity contribution in [2.75, 3.05) is 31.1 Å². The Kier molecular flexibility index (Phi) is 6.08. The number of aromatic nitrogens is 2. The molecule has 0 aliphatic carbocycles. The van der Waals surface area contributed by atoms with Gasteiger partial charge in [0.05, 0.1) is 22.3 Å². The van der Waals surface area contributed by atoms with Crippen LogP contribution in [0.3, 0.4) is 0 Å². The fourth-order valence-electron chi connectivity index (χ4n) is 4.63. The van der Waals surface area contributed by atoms with Crippen molar-refractivity contribution < 1.29 is 4.79 Å². The monoisotopic (exact) mass is 501 g/mol. The molecule has 2 aliphatic heterocycles. The highest BCUT2D eigenvalue weighted by Crippen LogP contribution is 2.39. The summed E-state index contributed by atoms with van der Waals surface area (Å²) in [6.07, 6.45) is 1.70. The van der Waals surface area contributed by atoms with Gasteiger partial charge >= 0.3 is 0 Å². The Hall–Kier alpha value is -2.54. The summed E-state index contributed by atoms with van der Waals surface area (Å²) in [5.41, 5.74) is 2.71. The van der Waals surface area contributed by atoms with E-state index in [2.05, 4.69) is 15.0 Å². The highest BCUT2D eigenvalue weighted by Gasteiger charge is 2.40. The lowest BCUT2D eigenvalue weighted by Crippen LogP contribution is -2.53. The number of piperazine rings is 1. The first-order valence-corrected chi connectivity index (χ1v) is 11.9. The minimum Gasteiger partial charge on any atom is -0.368 e. The molecule has 2 aliphatic rings. The average molecular weight is 503 g/mol. The largest absolute Gasteiger partial charge is 0.368 e. The number of benzene rings is 2. The summed E-state index contributed by atoms with van der Waals surface area (Å²) in [4.78, 5) is 22.7. The molecule has 0 saturated carbocycles. The van der Waals surface area contributed by atoms with E-state index in [1.165, 1.54) is 0 Å².